The lowest BCUT2D eigenvalue weighted by molar-refractivity contribution is 0.399. The first-order valence-corrected chi connectivity index (χ1v) is 6.80. The Morgan fingerprint density at radius 1 is 1.29 bits per heavy atom. The molecular formula is C14H18N6O. The van der Waals surface area contributed by atoms with Gasteiger partial charge in [0.1, 0.15) is 5.52 Å². The van der Waals surface area contributed by atoms with Crippen LogP contribution < -0.4 is 10.5 Å². The number of rotatable bonds is 4. The van der Waals surface area contributed by atoms with E-state index in [1.165, 1.54) is 0 Å². The fourth-order valence-corrected chi connectivity index (χ4v) is 2.46. The molecule has 0 aliphatic heterocycles. The quantitative estimate of drug-likeness (QED) is 0.783. The Hall–Kier alpha value is -2.57. The molecule has 0 aromatic carbocycles. The maximum Gasteiger partial charge on any atom is 0.215 e. The van der Waals surface area contributed by atoms with Crippen molar-refractivity contribution in [1.29, 1.82) is 0 Å². The number of aryl methyl sites for hydroxylation is 2. The number of hydrogen-bond acceptors (Lipinski definition) is 5. The summed E-state index contributed by atoms with van der Waals surface area (Å²) in [5.41, 5.74) is 9.69. The third kappa shape index (κ3) is 2.31. The van der Waals surface area contributed by atoms with E-state index < -0.39 is 0 Å². The second-order valence-corrected chi connectivity index (χ2v) is 4.88. The molecule has 3 heterocycles. The number of nitrogens with zero attached hydrogens (tertiary/aromatic N) is 5. The van der Waals surface area contributed by atoms with Crippen molar-refractivity contribution < 1.29 is 4.74 Å². The summed E-state index contributed by atoms with van der Waals surface area (Å²) < 4.78 is 8.88. The molecule has 7 nitrogen and oxygen atoms in total. The summed E-state index contributed by atoms with van der Waals surface area (Å²) in [6.07, 6.45) is 2.88. The summed E-state index contributed by atoms with van der Waals surface area (Å²) in [6.45, 7) is 2.68. The van der Waals surface area contributed by atoms with Crippen molar-refractivity contribution in [3.05, 3.63) is 29.6 Å². The second-order valence-electron chi connectivity index (χ2n) is 4.88. The van der Waals surface area contributed by atoms with E-state index in [0.717, 1.165) is 28.8 Å². The van der Waals surface area contributed by atoms with E-state index in [1.54, 1.807) is 13.2 Å². The molecule has 0 fully saturated rings. The normalized spacial score (nSPS) is 11.2. The Morgan fingerprint density at radius 2 is 2.10 bits per heavy atom. The number of ether oxygens (including phenoxy) is 1. The van der Waals surface area contributed by atoms with Crippen molar-refractivity contribution in [1.82, 2.24) is 24.3 Å². The molecule has 0 bridgehead atoms. The molecule has 0 aliphatic rings. The zero-order valence-corrected chi connectivity index (χ0v) is 12.4. The van der Waals surface area contributed by atoms with Gasteiger partial charge in [0.05, 0.1) is 19.3 Å². The Labute approximate surface area is 122 Å². The molecule has 0 spiro atoms. The molecule has 2 N–H and O–H groups in total. The van der Waals surface area contributed by atoms with Gasteiger partial charge in [-0.3, -0.25) is 9.25 Å². The number of pyridine rings is 1. The molecule has 0 atom stereocenters. The lowest BCUT2D eigenvalue weighted by Gasteiger charge is -2.06. The van der Waals surface area contributed by atoms with Crippen molar-refractivity contribution in [2.75, 3.05) is 12.8 Å². The molecule has 3 aromatic rings. The fourth-order valence-electron chi connectivity index (χ4n) is 2.46. The minimum Gasteiger partial charge on any atom is -0.481 e. The van der Waals surface area contributed by atoms with Gasteiger partial charge < -0.3 is 10.5 Å². The van der Waals surface area contributed by atoms with E-state index in [0.29, 0.717) is 18.4 Å². The van der Waals surface area contributed by atoms with Crippen LogP contribution in [0.1, 0.15) is 18.2 Å². The Bertz CT molecular complexity index is 788. The zero-order valence-electron chi connectivity index (χ0n) is 12.4. The lowest BCUT2D eigenvalue weighted by Crippen LogP contribution is -2.06. The van der Waals surface area contributed by atoms with Crippen molar-refractivity contribution >= 4 is 17.1 Å². The SMILES string of the molecule is CCc1nn(C)cc1Cn1c(N)nc2ccc(OC)nc21. The molecule has 3 rings (SSSR count). The molecule has 3 aromatic heterocycles. The van der Waals surface area contributed by atoms with Crippen molar-refractivity contribution in [2.45, 2.75) is 19.9 Å². The van der Waals surface area contributed by atoms with Gasteiger partial charge in [-0.25, -0.2) is 4.98 Å². The first-order valence-electron chi connectivity index (χ1n) is 6.80. The molecule has 110 valence electrons. The Kier molecular flexibility index (Phi) is 3.25. The number of nitrogens with two attached hydrogens (primary N) is 1. The first kappa shape index (κ1) is 13.4. The molecule has 0 amide bonds. The van der Waals surface area contributed by atoms with Crippen molar-refractivity contribution in [3.8, 4) is 5.88 Å². The average Bonchev–Trinajstić information content (AvgIpc) is 2.99. The highest BCUT2D eigenvalue weighted by Gasteiger charge is 2.14. The highest BCUT2D eigenvalue weighted by Crippen LogP contribution is 2.21. The van der Waals surface area contributed by atoms with E-state index in [4.69, 9.17) is 10.5 Å². The number of imidazole rings is 1. The summed E-state index contributed by atoms with van der Waals surface area (Å²) >= 11 is 0. The largest absolute Gasteiger partial charge is 0.481 e. The van der Waals surface area contributed by atoms with Crippen LogP contribution in [0.5, 0.6) is 5.88 Å². The van der Waals surface area contributed by atoms with Crippen LogP contribution in [0.3, 0.4) is 0 Å². The van der Waals surface area contributed by atoms with E-state index in [9.17, 15) is 0 Å². The maximum atomic E-state index is 6.03. The molecule has 7 heteroatoms. The van der Waals surface area contributed by atoms with Gasteiger partial charge in [-0.15, -0.1) is 0 Å². The molecule has 0 saturated carbocycles. The van der Waals surface area contributed by atoms with Gasteiger partial charge in [-0.05, 0) is 12.5 Å². The van der Waals surface area contributed by atoms with Gasteiger partial charge in [0.25, 0.3) is 0 Å². The molecular weight excluding hydrogens is 268 g/mol. The summed E-state index contributed by atoms with van der Waals surface area (Å²) in [5, 5.41) is 4.45. The van der Waals surface area contributed by atoms with E-state index in [-0.39, 0.29) is 0 Å². The summed E-state index contributed by atoms with van der Waals surface area (Å²) in [6, 6.07) is 3.64. The molecule has 0 radical (unpaired) electrons. The lowest BCUT2D eigenvalue weighted by atomic mass is 10.2. The minimum atomic E-state index is 0.441. The van der Waals surface area contributed by atoms with Crippen LogP contribution in [-0.4, -0.2) is 31.4 Å². The van der Waals surface area contributed by atoms with Gasteiger partial charge in [0.2, 0.25) is 11.8 Å². The molecule has 21 heavy (non-hydrogen) atoms. The molecule has 0 aliphatic carbocycles. The third-order valence-corrected chi connectivity index (χ3v) is 3.46. The number of methoxy groups -OCH3 is 1. The van der Waals surface area contributed by atoms with Crippen LogP contribution in [0.2, 0.25) is 0 Å². The Balaban J connectivity index is 2.08. The highest BCUT2D eigenvalue weighted by molar-refractivity contribution is 5.75. The topological polar surface area (TPSA) is 83.8 Å². The smallest absolute Gasteiger partial charge is 0.215 e. The Morgan fingerprint density at radius 3 is 2.81 bits per heavy atom. The monoisotopic (exact) mass is 286 g/mol. The number of fused-ring (bicyclic) bond motifs is 1. The van der Waals surface area contributed by atoms with Crippen molar-refractivity contribution in [3.63, 3.8) is 0 Å². The standard InChI is InChI=1S/C14H18N6O/c1-4-10-9(7-19(2)18-10)8-20-13-11(16-14(20)15)5-6-12(17-13)21-3/h5-7H,4,8H2,1-3H3,(H2,15,16). The van der Waals surface area contributed by atoms with Crippen LogP contribution in [0, 0.1) is 0 Å². The summed E-state index contributed by atoms with van der Waals surface area (Å²) in [7, 11) is 3.51. The van der Waals surface area contributed by atoms with E-state index in [2.05, 4.69) is 22.0 Å². The predicted molar refractivity (Wildman–Crippen MR) is 80.2 cm³/mol. The number of anilines is 1. The average molecular weight is 286 g/mol. The van der Waals surface area contributed by atoms with Crippen LogP contribution in [-0.2, 0) is 20.0 Å². The fraction of sp³-hybridized carbons (Fsp3) is 0.357. The third-order valence-electron chi connectivity index (χ3n) is 3.46. The van der Waals surface area contributed by atoms with Gasteiger partial charge in [0.15, 0.2) is 5.65 Å². The number of nitrogen functional groups attached to an aromatic ring is 1. The number of hydrogen-bond donors (Lipinski definition) is 1. The van der Waals surface area contributed by atoms with Gasteiger partial charge in [0, 0.05) is 24.9 Å². The van der Waals surface area contributed by atoms with Crippen LogP contribution in [0.4, 0.5) is 5.95 Å². The second kappa shape index (κ2) is 5.08. The number of aromatic nitrogens is 5. The van der Waals surface area contributed by atoms with E-state index >= 15 is 0 Å². The maximum absolute atomic E-state index is 6.03. The minimum absolute atomic E-state index is 0.441. The van der Waals surface area contributed by atoms with Crippen molar-refractivity contribution in [2.24, 2.45) is 7.05 Å². The van der Waals surface area contributed by atoms with Gasteiger partial charge in [-0.2, -0.15) is 10.1 Å². The van der Waals surface area contributed by atoms with Crippen LogP contribution >= 0.6 is 0 Å². The molecule has 0 unspecified atom stereocenters. The summed E-state index contributed by atoms with van der Waals surface area (Å²) in [5.74, 6) is 0.988. The first-order chi connectivity index (χ1) is 10.1. The van der Waals surface area contributed by atoms with E-state index in [1.807, 2.05) is 28.6 Å². The predicted octanol–water partition coefficient (Wildman–Crippen LogP) is 1.37. The highest BCUT2D eigenvalue weighted by atomic mass is 16.5. The van der Waals surface area contributed by atoms with Gasteiger partial charge in [-0.1, -0.05) is 6.92 Å². The van der Waals surface area contributed by atoms with Crippen LogP contribution in [0.15, 0.2) is 18.3 Å². The summed E-state index contributed by atoms with van der Waals surface area (Å²) in [4.78, 5) is 8.79. The zero-order chi connectivity index (χ0) is 15.0. The van der Waals surface area contributed by atoms with Gasteiger partial charge >= 0.3 is 0 Å². The molecule has 0 saturated heterocycles. The van der Waals surface area contributed by atoms with Crippen LogP contribution in [0.25, 0.3) is 11.2 Å².